The first-order chi connectivity index (χ1) is 12.1. The molecular formula is C17H19N3O5. The Bertz CT molecular complexity index is 724. The van der Waals surface area contributed by atoms with E-state index < -0.39 is 11.8 Å². The van der Waals surface area contributed by atoms with Crippen LogP contribution in [-0.2, 0) is 16.1 Å². The number of benzene rings is 1. The molecule has 132 valence electrons. The van der Waals surface area contributed by atoms with E-state index in [1.807, 2.05) is 0 Å². The Hall–Kier alpha value is -3.29. The standard InChI is InChI=1S/C17H19N3O5/c1-23-13-7-12(8-14(24-2)15(13)25-3)20-17(22)16(21)19-10-11-5-4-6-18-9-11/h4-9H,10H2,1-3H3,(H,19,21)(H,20,22). The molecule has 1 heterocycles. The molecule has 8 heteroatoms. The maximum atomic E-state index is 12.0. The maximum Gasteiger partial charge on any atom is 0.313 e. The monoisotopic (exact) mass is 345 g/mol. The third-order valence-corrected chi connectivity index (χ3v) is 3.30. The number of rotatable bonds is 6. The van der Waals surface area contributed by atoms with Gasteiger partial charge in [0, 0.05) is 36.8 Å². The zero-order chi connectivity index (χ0) is 18.2. The number of amides is 2. The van der Waals surface area contributed by atoms with Gasteiger partial charge in [0.1, 0.15) is 0 Å². The fraction of sp³-hybridized carbons (Fsp3) is 0.235. The second-order valence-electron chi connectivity index (χ2n) is 4.91. The number of carbonyl (C=O) groups excluding carboxylic acids is 2. The average Bonchev–Trinajstić information content (AvgIpc) is 2.65. The van der Waals surface area contributed by atoms with E-state index in [-0.39, 0.29) is 6.54 Å². The van der Waals surface area contributed by atoms with Crippen molar-refractivity contribution in [2.24, 2.45) is 0 Å². The fourth-order valence-electron chi connectivity index (χ4n) is 2.11. The third kappa shape index (κ3) is 4.60. The molecule has 0 bridgehead atoms. The number of methoxy groups -OCH3 is 3. The van der Waals surface area contributed by atoms with Gasteiger partial charge in [-0.15, -0.1) is 0 Å². The minimum absolute atomic E-state index is 0.204. The predicted octanol–water partition coefficient (Wildman–Crippen LogP) is 1.36. The van der Waals surface area contributed by atoms with Crippen LogP contribution in [0.25, 0.3) is 0 Å². The van der Waals surface area contributed by atoms with Gasteiger partial charge in [0.25, 0.3) is 0 Å². The molecule has 8 nitrogen and oxygen atoms in total. The first kappa shape index (κ1) is 18.1. The van der Waals surface area contributed by atoms with Gasteiger partial charge in [0.15, 0.2) is 11.5 Å². The molecule has 0 unspecified atom stereocenters. The summed E-state index contributed by atoms with van der Waals surface area (Å²) in [5, 5.41) is 5.02. The molecule has 25 heavy (non-hydrogen) atoms. The summed E-state index contributed by atoms with van der Waals surface area (Å²) >= 11 is 0. The van der Waals surface area contributed by atoms with Gasteiger partial charge >= 0.3 is 11.8 Å². The van der Waals surface area contributed by atoms with Gasteiger partial charge in [-0.25, -0.2) is 0 Å². The smallest absolute Gasteiger partial charge is 0.313 e. The molecule has 0 saturated carbocycles. The lowest BCUT2D eigenvalue weighted by Gasteiger charge is -2.14. The molecule has 0 aliphatic heterocycles. The number of nitrogens with one attached hydrogen (secondary N) is 2. The Balaban J connectivity index is 2.05. The van der Waals surface area contributed by atoms with Crippen LogP contribution in [0.4, 0.5) is 5.69 Å². The molecule has 1 aromatic heterocycles. The van der Waals surface area contributed by atoms with Crippen molar-refractivity contribution in [1.29, 1.82) is 0 Å². The van der Waals surface area contributed by atoms with Crippen LogP contribution in [0.15, 0.2) is 36.7 Å². The number of nitrogens with zero attached hydrogens (tertiary/aromatic N) is 1. The normalized spacial score (nSPS) is 9.88. The number of ether oxygens (including phenoxy) is 3. The summed E-state index contributed by atoms with van der Waals surface area (Å²) in [7, 11) is 4.40. The fourth-order valence-corrected chi connectivity index (χ4v) is 2.11. The summed E-state index contributed by atoms with van der Waals surface area (Å²) in [6.07, 6.45) is 3.24. The first-order valence-electron chi connectivity index (χ1n) is 7.37. The number of aromatic nitrogens is 1. The van der Waals surface area contributed by atoms with Crippen molar-refractivity contribution < 1.29 is 23.8 Å². The second-order valence-corrected chi connectivity index (χ2v) is 4.91. The Labute approximate surface area is 145 Å². The van der Waals surface area contributed by atoms with Gasteiger partial charge < -0.3 is 24.8 Å². The summed E-state index contributed by atoms with van der Waals surface area (Å²) in [6, 6.07) is 6.61. The Kier molecular flexibility index (Phi) is 6.16. The van der Waals surface area contributed by atoms with E-state index in [1.165, 1.54) is 33.5 Å². The number of anilines is 1. The molecule has 0 aliphatic rings. The van der Waals surface area contributed by atoms with E-state index in [0.29, 0.717) is 22.9 Å². The lowest BCUT2D eigenvalue weighted by Crippen LogP contribution is -2.35. The van der Waals surface area contributed by atoms with Gasteiger partial charge in [-0.05, 0) is 11.6 Å². The van der Waals surface area contributed by atoms with Crippen LogP contribution in [0.5, 0.6) is 17.2 Å². The minimum Gasteiger partial charge on any atom is -0.493 e. The topological polar surface area (TPSA) is 98.8 Å². The second kappa shape index (κ2) is 8.53. The van der Waals surface area contributed by atoms with Crippen molar-refractivity contribution in [3.63, 3.8) is 0 Å². The average molecular weight is 345 g/mol. The van der Waals surface area contributed by atoms with E-state index in [0.717, 1.165) is 5.56 Å². The van der Waals surface area contributed by atoms with Crippen molar-refractivity contribution >= 4 is 17.5 Å². The van der Waals surface area contributed by atoms with Gasteiger partial charge in [-0.3, -0.25) is 14.6 Å². The summed E-state index contributed by atoms with van der Waals surface area (Å²) in [6.45, 7) is 0.204. The van der Waals surface area contributed by atoms with E-state index in [2.05, 4.69) is 15.6 Å². The summed E-state index contributed by atoms with van der Waals surface area (Å²) in [5.41, 5.74) is 1.13. The number of hydrogen-bond donors (Lipinski definition) is 2. The van der Waals surface area contributed by atoms with E-state index in [1.54, 1.807) is 24.5 Å². The summed E-state index contributed by atoms with van der Waals surface area (Å²) in [4.78, 5) is 27.9. The van der Waals surface area contributed by atoms with Gasteiger partial charge in [-0.2, -0.15) is 0 Å². The summed E-state index contributed by atoms with van der Waals surface area (Å²) < 4.78 is 15.6. The van der Waals surface area contributed by atoms with Gasteiger partial charge in [0.2, 0.25) is 5.75 Å². The zero-order valence-electron chi connectivity index (χ0n) is 14.2. The van der Waals surface area contributed by atoms with Crippen molar-refractivity contribution in [3.05, 3.63) is 42.2 Å². The van der Waals surface area contributed by atoms with Crippen LogP contribution in [0.2, 0.25) is 0 Å². The molecular weight excluding hydrogens is 326 g/mol. The molecule has 0 fully saturated rings. The van der Waals surface area contributed by atoms with Gasteiger partial charge in [0.05, 0.1) is 21.3 Å². The maximum absolute atomic E-state index is 12.0. The lowest BCUT2D eigenvalue weighted by molar-refractivity contribution is -0.136. The number of hydrogen-bond acceptors (Lipinski definition) is 6. The molecule has 0 atom stereocenters. The minimum atomic E-state index is -0.807. The summed E-state index contributed by atoms with van der Waals surface area (Å²) in [5.74, 6) is -0.444. The van der Waals surface area contributed by atoms with Gasteiger partial charge in [-0.1, -0.05) is 6.07 Å². The van der Waals surface area contributed by atoms with Crippen molar-refractivity contribution in [2.45, 2.75) is 6.54 Å². The highest BCUT2D eigenvalue weighted by Crippen LogP contribution is 2.39. The molecule has 2 rings (SSSR count). The SMILES string of the molecule is COc1cc(NC(=O)C(=O)NCc2cccnc2)cc(OC)c1OC. The highest BCUT2D eigenvalue weighted by molar-refractivity contribution is 6.39. The number of carbonyl (C=O) groups is 2. The van der Waals surface area contributed by atoms with Crippen LogP contribution < -0.4 is 24.8 Å². The Morgan fingerprint density at radius 2 is 1.72 bits per heavy atom. The van der Waals surface area contributed by atoms with Crippen LogP contribution >= 0.6 is 0 Å². The van der Waals surface area contributed by atoms with Crippen LogP contribution in [0, 0.1) is 0 Å². The van der Waals surface area contributed by atoms with Crippen LogP contribution in [0.3, 0.4) is 0 Å². The predicted molar refractivity (Wildman–Crippen MR) is 90.8 cm³/mol. The van der Waals surface area contributed by atoms with E-state index in [9.17, 15) is 9.59 Å². The van der Waals surface area contributed by atoms with Crippen LogP contribution in [-0.4, -0.2) is 38.1 Å². The van der Waals surface area contributed by atoms with Crippen LogP contribution in [0.1, 0.15) is 5.56 Å². The molecule has 2 amide bonds. The molecule has 1 aromatic carbocycles. The lowest BCUT2D eigenvalue weighted by atomic mass is 10.2. The molecule has 0 spiro atoms. The first-order valence-corrected chi connectivity index (χ1v) is 7.37. The van der Waals surface area contributed by atoms with E-state index in [4.69, 9.17) is 14.2 Å². The quantitative estimate of drug-likeness (QED) is 0.767. The zero-order valence-corrected chi connectivity index (χ0v) is 14.2. The third-order valence-electron chi connectivity index (χ3n) is 3.30. The number of pyridine rings is 1. The molecule has 2 N–H and O–H groups in total. The molecule has 0 saturated heterocycles. The van der Waals surface area contributed by atoms with E-state index >= 15 is 0 Å². The highest BCUT2D eigenvalue weighted by Gasteiger charge is 2.17. The van der Waals surface area contributed by atoms with Crippen molar-refractivity contribution in [2.75, 3.05) is 26.6 Å². The largest absolute Gasteiger partial charge is 0.493 e. The van der Waals surface area contributed by atoms with Crippen molar-refractivity contribution in [3.8, 4) is 17.2 Å². The molecule has 0 aliphatic carbocycles. The Morgan fingerprint density at radius 3 is 2.24 bits per heavy atom. The Morgan fingerprint density at radius 1 is 1.04 bits per heavy atom. The van der Waals surface area contributed by atoms with Crippen molar-refractivity contribution in [1.82, 2.24) is 10.3 Å². The molecule has 2 aromatic rings. The highest BCUT2D eigenvalue weighted by atomic mass is 16.5. The molecule has 0 radical (unpaired) electrons.